The molecule has 1 aromatic heterocycles. The van der Waals surface area contributed by atoms with E-state index in [4.69, 9.17) is 0 Å². The van der Waals surface area contributed by atoms with Gasteiger partial charge in [-0.1, -0.05) is 0 Å². The molecule has 0 aliphatic carbocycles. The van der Waals surface area contributed by atoms with E-state index in [-0.39, 0.29) is 11.9 Å². The molecule has 7 heteroatoms. The number of carbonyl (C=O) groups excluding carboxylic acids is 1. The van der Waals surface area contributed by atoms with E-state index < -0.39 is 10.0 Å². The largest absolute Gasteiger partial charge is 0.349 e. The van der Waals surface area contributed by atoms with E-state index in [0.29, 0.717) is 25.9 Å². The number of aryl methyl sites for hydroxylation is 1. The Morgan fingerprint density at radius 3 is 2.53 bits per heavy atom. The summed E-state index contributed by atoms with van der Waals surface area (Å²) in [5.74, 6) is -0.0506. The fourth-order valence-corrected chi connectivity index (χ4v) is 3.89. The number of hydrogen-bond acceptors (Lipinski definition) is 4. The molecule has 1 aromatic rings. The molecule has 2 heterocycles. The Bertz CT molecular complexity index is 557. The van der Waals surface area contributed by atoms with Crippen LogP contribution in [0.4, 0.5) is 0 Å². The van der Waals surface area contributed by atoms with E-state index in [1.165, 1.54) is 21.9 Å². The van der Waals surface area contributed by atoms with Crippen molar-refractivity contribution in [1.82, 2.24) is 9.62 Å². The molecule has 1 aliphatic rings. The first-order valence-corrected chi connectivity index (χ1v) is 8.91. The van der Waals surface area contributed by atoms with Gasteiger partial charge in [0.2, 0.25) is 10.0 Å². The molecule has 0 saturated carbocycles. The van der Waals surface area contributed by atoms with E-state index in [1.54, 1.807) is 0 Å². The minimum atomic E-state index is -3.11. The number of sulfonamides is 1. The van der Waals surface area contributed by atoms with Crippen LogP contribution in [0.2, 0.25) is 0 Å². The molecular formula is C12H18N2O3S2. The summed E-state index contributed by atoms with van der Waals surface area (Å²) < 4.78 is 24.2. The molecule has 5 nitrogen and oxygen atoms in total. The summed E-state index contributed by atoms with van der Waals surface area (Å²) in [5.41, 5.74) is 0.982. The fraction of sp³-hybridized carbons (Fsp3) is 0.583. The van der Waals surface area contributed by atoms with Crippen LogP contribution in [0, 0.1) is 6.92 Å². The van der Waals surface area contributed by atoms with Gasteiger partial charge in [-0.05, 0) is 36.8 Å². The van der Waals surface area contributed by atoms with Gasteiger partial charge in [-0.2, -0.15) is 0 Å². The lowest BCUT2D eigenvalue weighted by molar-refractivity contribution is 0.0927. The molecule has 0 unspecified atom stereocenters. The van der Waals surface area contributed by atoms with E-state index >= 15 is 0 Å². The first kappa shape index (κ1) is 14.5. The van der Waals surface area contributed by atoms with Crippen molar-refractivity contribution in [2.75, 3.05) is 19.3 Å². The highest BCUT2D eigenvalue weighted by Gasteiger charge is 2.26. The number of carbonyl (C=O) groups is 1. The second kappa shape index (κ2) is 5.60. The lowest BCUT2D eigenvalue weighted by Crippen LogP contribution is -2.46. The van der Waals surface area contributed by atoms with Crippen molar-refractivity contribution in [2.24, 2.45) is 0 Å². The van der Waals surface area contributed by atoms with E-state index in [0.717, 1.165) is 10.4 Å². The van der Waals surface area contributed by atoms with Gasteiger partial charge in [0, 0.05) is 19.1 Å². The second-order valence-corrected chi connectivity index (χ2v) is 7.74. The summed E-state index contributed by atoms with van der Waals surface area (Å²) in [6.07, 6.45) is 2.56. The molecule has 1 aliphatic heterocycles. The highest BCUT2D eigenvalue weighted by Crippen LogP contribution is 2.18. The predicted molar refractivity (Wildman–Crippen MR) is 76.0 cm³/mol. The van der Waals surface area contributed by atoms with Gasteiger partial charge in [0.05, 0.1) is 11.1 Å². The molecule has 106 valence electrons. The van der Waals surface area contributed by atoms with Gasteiger partial charge >= 0.3 is 0 Å². The minimum absolute atomic E-state index is 0.0506. The Balaban J connectivity index is 1.90. The lowest BCUT2D eigenvalue weighted by Gasteiger charge is -2.30. The van der Waals surface area contributed by atoms with Crippen LogP contribution in [0.1, 0.15) is 28.1 Å². The lowest BCUT2D eigenvalue weighted by atomic mass is 10.1. The van der Waals surface area contributed by atoms with Gasteiger partial charge in [-0.25, -0.2) is 12.7 Å². The van der Waals surface area contributed by atoms with Crippen molar-refractivity contribution in [3.8, 4) is 0 Å². The molecule has 1 saturated heterocycles. The zero-order valence-corrected chi connectivity index (χ0v) is 12.7. The number of nitrogens with zero attached hydrogens (tertiary/aromatic N) is 1. The number of thiophene rings is 1. The van der Waals surface area contributed by atoms with Crippen molar-refractivity contribution in [3.05, 3.63) is 21.9 Å². The third kappa shape index (κ3) is 3.55. The summed E-state index contributed by atoms with van der Waals surface area (Å²) >= 11 is 1.43. The zero-order chi connectivity index (χ0) is 14.0. The number of nitrogens with one attached hydrogen (secondary N) is 1. The van der Waals surface area contributed by atoms with E-state index in [9.17, 15) is 13.2 Å². The number of amides is 1. The van der Waals surface area contributed by atoms with Crippen LogP contribution in [-0.4, -0.2) is 44.0 Å². The zero-order valence-electron chi connectivity index (χ0n) is 11.0. The SMILES string of the molecule is Cc1ccsc1C(=O)NC1CCN(S(C)(=O)=O)CC1. The molecule has 1 fully saturated rings. The molecule has 19 heavy (non-hydrogen) atoms. The van der Waals surface area contributed by atoms with Crippen LogP contribution in [0.15, 0.2) is 11.4 Å². The molecule has 0 bridgehead atoms. The molecule has 2 rings (SSSR count). The topological polar surface area (TPSA) is 66.5 Å². The second-order valence-electron chi connectivity index (χ2n) is 4.84. The van der Waals surface area contributed by atoms with Gasteiger partial charge in [0.15, 0.2) is 0 Å². The average molecular weight is 302 g/mol. The van der Waals surface area contributed by atoms with Crippen molar-refractivity contribution < 1.29 is 13.2 Å². The standard InChI is InChI=1S/C12H18N2O3S2/c1-9-5-8-18-11(9)12(15)13-10-3-6-14(7-4-10)19(2,16)17/h5,8,10H,3-4,6-7H2,1-2H3,(H,13,15). The summed E-state index contributed by atoms with van der Waals surface area (Å²) in [5, 5.41) is 4.88. The highest BCUT2D eigenvalue weighted by atomic mass is 32.2. The maximum atomic E-state index is 12.0. The van der Waals surface area contributed by atoms with Gasteiger partial charge in [0.25, 0.3) is 5.91 Å². The molecular weight excluding hydrogens is 284 g/mol. The Morgan fingerprint density at radius 1 is 1.42 bits per heavy atom. The Kier molecular flexibility index (Phi) is 4.27. The Morgan fingerprint density at radius 2 is 2.05 bits per heavy atom. The first-order valence-electron chi connectivity index (χ1n) is 6.18. The van der Waals surface area contributed by atoms with E-state index in [2.05, 4.69) is 5.32 Å². The van der Waals surface area contributed by atoms with Gasteiger partial charge in [-0.3, -0.25) is 4.79 Å². The number of rotatable bonds is 3. The van der Waals surface area contributed by atoms with E-state index in [1.807, 2.05) is 18.4 Å². The third-order valence-corrected chi connectivity index (χ3v) is 5.64. The molecule has 0 radical (unpaired) electrons. The molecule has 0 aromatic carbocycles. The van der Waals surface area contributed by atoms with Crippen molar-refractivity contribution in [1.29, 1.82) is 0 Å². The molecule has 1 N–H and O–H groups in total. The van der Waals surface area contributed by atoms with Crippen LogP contribution in [0.25, 0.3) is 0 Å². The van der Waals surface area contributed by atoms with Crippen molar-refractivity contribution >= 4 is 27.3 Å². The van der Waals surface area contributed by atoms with Crippen LogP contribution in [-0.2, 0) is 10.0 Å². The smallest absolute Gasteiger partial charge is 0.261 e. The molecule has 1 amide bonds. The first-order chi connectivity index (χ1) is 8.88. The van der Waals surface area contributed by atoms with Gasteiger partial charge in [-0.15, -0.1) is 11.3 Å². The van der Waals surface area contributed by atoms with Crippen LogP contribution in [0.3, 0.4) is 0 Å². The monoisotopic (exact) mass is 302 g/mol. The molecule has 0 spiro atoms. The van der Waals surface area contributed by atoms with Crippen molar-refractivity contribution in [3.63, 3.8) is 0 Å². The maximum absolute atomic E-state index is 12.0. The number of piperidine rings is 1. The quantitative estimate of drug-likeness (QED) is 0.912. The third-order valence-electron chi connectivity index (χ3n) is 3.33. The minimum Gasteiger partial charge on any atom is -0.349 e. The van der Waals surface area contributed by atoms with Gasteiger partial charge in [0.1, 0.15) is 0 Å². The maximum Gasteiger partial charge on any atom is 0.261 e. The Hall–Kier alpha value is -0.920. The van der Waals surface area contributed by atoms with Crippen LogP contribution in [0.5, 0.6) is 0 Å². The van der Waals surface area contributed by atoms with Crippen molar-refractivity contribution in [2.45, 2.75) is 25.8 Å². The summed E-state index contributed by atoms with van der Waals surface area (Å²) in [7, 11) is -3.11. The van der Waals surface area contributed by atoms with Crippen LogP contribution < -0.4 is 5.32 Å². The average Bonchev–Trinajstić information content (AvgIpc) is 2.75. The summed E-state index contributed by atoms with van der Waals surface area (Å²) in [6.45, 7) is 2.87. The summed E-state index contributed by atoms with van der Waals surface area (Å²) in [4.78, 5) is 12.8. The number of hydrogen-bond donors (Lipinski definition) is 1. The highest BCUT2D eigenvalue weighted by molar-refractivity contribution is 7.88. The van der Waals surface area contributed by atoms with Crippen LogP contribution >= 0.6 is 11.3 Å². The normalized spacial score (nSPS) is 18.4. The fourth-order valence-electron chi connectivity index (χ4n) is 2.19. The van der Waals surface area contributed by atoms with Gasteiger partial charge < -0.3 is 5.32 Å². The summed E-state index contributed by atoms with van der Waals surface area (Å²) in [6, 6.07) is 1.98. The molecule has 0 atom stereocenters. The predicted octanol–water partition coefficient (Wildman–Crippen LogP) is 1.21. The Labute approximate surface area is 117 Å².